The van der Waals surface area contributed by atoms with Gasteiger partial charge in [0.1, 0.15) is 12.4 Å². The fourth-order valence-corrected chi connectivity index (χ4v) is 1.69. The largest absolute Gasteiger partial charge is 0.489 e. The van der Waals surface area contributed by atoms with Gasteiger partial charge in [0.2, 0.25) is 0 Å². The second-order valence-electron chi connectivity index (χ2n) is 3.73. The third-order valence-corrected chi connectivity index (χ3v) is 2.45. The van der Waals surface area contributed by atoms with Gasteiger partial charge in [-0.25, -0.2) is 0 Å². The van der Waals surface area contributed by atoms with Gasteiger partial charge in [-0.1, -0.05) is 6.07 Å². The van der Waals surface area contributed by atoms with Crippen LogP contribution >= 0.6 is 0 Å². The van der Waals surface area contributed by atoms with Gasteiger partial charge >= 0.3 is 0 Å². The molecule has 0 saturated heterocycles. The average Bonchev–Trinajstić information content (AvgIpc) is 2.17. The van der Waals surface area contributed by atoms with Crippen molar-refractivity contribution in [3.05, 3.63) is 23.8 Å². The van der Waals surface area contributed by atoms with Crippen LogP contribution in [0.15, 0.2) is 18.2 Å². The molecule has 0 aliphatic carbocycles. The molecule has 2 rings (SSSR count). The quantitative estimate of drug-likeness (QED) is 0.746. The Morgan fingerprint density at radius 3 is 3.21 bits per heavy atom. The summed E-state index contributed by atoms with van der Waals surface area (Å²) in [5, 5.41) is 3.43. The topological polar surface area (TPSA) is 47.3 Å². The van der Waals surface area contributed by atoms with Crippen LogP contribution in [-0.4, -0.2) is 19.2 Å². The van der Waals surface area contributed by atoms with Crippen molar-refractivity contribution in [2.75, 3.05) is 18.5 Å². The molecule has 0 aromatic heterocycles. The molecular formula is C11H16N2O. The summed E-state index contributed by atoms with van der Waals surface area (Å²) < 4.78 is 5.63. The number of rotatable bonds is 2. The second kappa shape index (κ2) is 3.88. The highest BCUT2D eigenvalue weighted by atomic mass is 16.5. The van der Waals surface area contributed by atoms with Gasteiger partial charge in [0.15, 0.2) is 0 Å². The lowest BCUT2D eigenvalue weighted by atomic mass is 10.1. The van der Waals surface area contributed by atoms with Crippen molar-refractivity contribution in [1.82, 2.24) is 0 Å². The van der Waals surface area contributed by atoms with Crippen molar-refractivity contribution >= 4 is 5.69 Å². The fraction of sp³-hybridized carbons (Fsp3) is 0.455. The molecule has 3 heteroatoms. The van der Waals surface area contributed by atoms with Gasteiger partial charge in [0, 0.05) is 0 Å². The zero-order chi connectivity index (χ0) is 9.97. The van der Waals surface area contributed by atoms with Crippen molar-refractivity contribution < 1.29 is 4.74 Å². The van der Waals surface area contributed by atoms with E-state index in [0.717, 1.165) is 17.9 Å². The third-order valence-electron chi connectivity index (χ3n) is 2.45. The Bertz CT molecular complexity index is 325. The molecular weight excluding hydrogens is 176 g/mol. The Kier molecular flexibility index (Phi) is 2.59. The second-order valence-corrected chi connectivity index (χ2v) is 3.73. The van der Waals surface area contributed by atoms with E-state index in [9.17, 15) is 0 Å². The molecule has 0 radical (unpaired) electrons. The highest BCUT2D eigenvalue weighted by Crippen LogP contribution is 2.29. The Morgan fingerprint density at radius 2 is 2.43 bits per heavy atom. The molecule has 1 aliphatic rings. The molecule has 14 heavy (non-hydrogen) atoms. The van der Waals surface area contributed by atoms with Crippen LogP contribution < -0.4 is 15.8 Å². The first-order valence-corrected chi connectivity index (χ1v) is 4.99. The lowest BCUT2D eigenvalue weighted by molar-refractivity contribution is 0.279. The molecule has 1 heterocycles. The van der Waals surface area contributed by atoms with Crippen LogP contribution in [0.4, 0.5) is 5.69 Å². The predicted molar refractivity (Wildman–Crippen MR) is 57.8 cm³/mol. The van der Waals surface area contributed by atoms with Crippen LogP contribution in [-0.2, 0) is 0 Å². The van der Waals surface area contributed by atoms with Crippen LogP contribution in [0.5, 0.6) is 5.75 Å². The molecule has 0 amide bonds. The maximum Gasteiger partial charge on any atom is 0.142 e. The molecule has 76 valence electrons. The van der Waals surface area contributed by atoms with Crippen LogP contribution in [0.25, 0.3) is 0 Å². The smallest absolute Gasteiger partial charge is 0.142 e. The summed E-state index contributed by atoms with van der Waals surface area (Å²) >= 11 is 0. The van der Waals surface area contributed by atoms with E-state index in [-0.39, 0.29) is 0 Å². The molecule has 3 N–H and O–H groups in total. The maximum atomic E-state index is 5.63. The lowest BCUT2D eigenvalue weighted by Crippen LogP contribution is -2.33. The Morgan fingerprint density at radius 1 is 1.57 bits per heavy atom. The average molecular weight is 192 g/mol. The summed E-state index contributed by atoms with van der Waals surface area (Å²) in [6, 6.07) is 6.53. The minimum Gasteiger partial charge on any atom is -0.489 e. The lowest BCUT2D eigenvalue weighted by Gasteiger charge is -2.27. The number of benzene rings is 1. The van der Waals surface area contributed by atoms with Gasteiger partial charge in [-0.05, 0) is 37.6 Å². The standard InChI is InChI=1S/C11H16N2O/c1-8-2-3-11-10(6-8)13-9(4-5-12)7-14-11/h2-3,6,9,13H,4-5,7,12H2,1H3. The van der Waals surface area contributed by atoms with E-state index in [0.29, 0.717) is 19.2 Å². The van der Waals surface area contributed by atoms with Gasteiger partial charge in [-0.3, -0.25) is 0 Å². The molecule has 1 atom stereocenters. The van der Waals surface area contributed by atoms with Crippen molar-refractivity contribution in [3.8, 4) is 5.75 Å². The molecule has 0 spiro atoms. The monoisotopic (exact) mass is 192 g/mol. The van der Waals surface area contributed by atoms with Gasteiger partial charge < -0.3 is 15.8 Å². The highest BCUT2D eigenvalue weighted by molar-refractivity contribution is 5.59. The Labute approximate surface area is 84.3 Å². The summed E-state index contributed by atoms with van der Waals surface area (Å²) in [4.78, 5) is 0. The predicted octanol–water partition coefficient (Wildman–Crippen LogP) is 1.52. The van der Waals surface area contributed by atoms with E-state index < -0.39 is 0 Å². The number of hydrogen-bond donors (Lipinski definition) is 2. The number of fused-ring (bicyclic) bond motifs is 1. The molecule has 1 aliphatic heterocycles. The highest BCUT2D eigenvalue weighted by Gasteiger charge is 2.17. The Balaban J connectivity index is 2.16. The molecule has 3 nitrogen and oxygen atoms in total. The normalized spacial score (nSPS) is 19.4. The summed E-state index contributed by atoms with van der Waals surface area (Å²) in [5.74, 6) is 0.948. The number of nitrogens with two attached hydrogens (primary N) is 1. The van der Waals surface area contributed by atoms with Crippen LogP contribution in [0.3, 0.4) is 0 Å². The fourth-order valence-electron chi connectivity index (χ4n) is 1.69. The Hall–Kier alpha value is -1.22. The van der Waals surface area contributed by atoms with E-state index in [1.165, 1.54) is 5.56 Å². The number of ether oxygens (including phenoxy) is 1. The van der Waals surface area contributed by atoms with E-state index in [1.54, 1.807) is 0 Å². The van der Waals surface area contributed by atoms with E-state index in [2.05, 4.69) is 24.4 Å². The van der Waals surface area contributed by atoms with E-state index in [1.807, 2.05) is 6.07 Å². The van der Waals surface area contributed by atoms with Crippen LogP contribution in [0.2, 0.25) is 0 Å². The van der Waals surface area contributed by atoms with Gasteiger partial charge in [0.05, 0.1) is 11.7 Å². The molecule has 1 aromatic carbocycles. The maximum absolute atomic E-state index is 5.63. The summed E-state index contributed by atoms with van der Waals surface area (Å²) in [6.45, 7) is 3.49. The summed E-state index contributed by atoms with van der Waals surface area (Å²) in [7, 11) is 0. The van der Waals surface area contributed by atoms with E-state index in [4.69, 9.17) is 10.5 Å². The van der Waals surface area contributed by atoms with Gasteiger partial charge in [-0.15, -0.1) is 0 Å². The van der Waals surface area contributed by atoms with Crippen LogP contribution in [0, 0.1) is 6.92 Å². The van der Waals surface area contributed by atoms with Gasteiger partial charge in [-0.2, -0.15) is 0 Å². The minimum absolute atomic E-state index is 0.356. The van der Waals surface area contributed by atoms with Crippen molar-refractivity contribution in [3.63, 3.8) is 0 Å². The number of hydrogen-bond acceptors (Lipinski definition) is 3. The molecule has 0 bridgehead atoms. The molecule has 0 saturated carbocycles. The zero-order valence-electron chi connectivity index (χ0n) is 8.42. The first-order valence-electron chi connectivity index (χ1n) is 4.99. The molecule has 0 fully saturated rings. The number of aryl methyl sites for hydroxylation is 1. The van der Waals surface area contributed by atoms with E-state index >= 15 is 0 Å². The van der Waals surface area contributed by atoms with Gasteiger partial charge in [0.25, 0.3) is 0 Å². The van der Waals surface area contributed by atoms with Crippen LogP contribution in [0.1, 0.15) is 12.0 Å². The van der Waals surface area contributed by atoms with Crippen molar-refractivity contribution in [1.29, 1.82) is 0 Å². The van der Waals surface area contributed by atoms with Crippen molar-refractivity contribution in [2.24, 2.45) is 5.73 Å². The summed E-state index contributed by atoms with van der Waals surface area (Å²) in [5.41, 5.74) is 7.85. The number of nitrogens with one attached hydrogen (secondary N) is 1. The van der Waals surface area contributed by atoms with Crippen molar-refractivity contribution in [2.45, 2.75) is 19.4 Å². The zero-order valence-corrected chi connectivity index (χ0v) is 8.42. The number of anilines is 1. The molecule has 1 unspecified atom stereocenters. The summed E-state index contributed by atoms with van der Waals surface area (Å²) in [6.07, 6.45) is 0.952. The molecule has 1 aromatic rings. The minimum atomic E-state index is 0.356. The first-order chi connectivity index (χ1) is 6.79. The SMILES string of the molecule is Cc1ccc2c(c1)NC(CCN)CO2. The first kappa shape index (κ1) is 9.34. The third kappa shape index (κ3) is 1.82.